The maximum Gasteiger partial charge on any atom is 0.340 e. The van der Waals surface area contributed by atoms with E-state index in [4.69, 9.17) is 10.00 Å². The smallest absolute Gasteiger partial charge is 0.340 e. The molecule has 1 atom stereocenters. The van der Waals surface area contributed by atoms with Crippen molar-refractivity contribution in [3.63, 3.8) is 0 Å². The maximum absolute atomic E-state index is 12.7. The molecule has 0 aliphatic heterocycles. The van der Waals surface area contributed by atoms with Crippen LogP contribution in [0.3, 0.4) is 0 Å². The van der Waals surface area contributed by atoms with Gasteiger partial charge in [-0.2, -0.15) is 5.26 Å². The van der Waals surface area contributed by atoms with Crippen LogP contribution in [0.25, 0.3) is 11.6 Å². The highest BCUT2D eigenvalue weighted by atomic mass is 32.1. The molecule has 28 heavy (non-hydrogen) atoms. The number of ether oxygens (including phenoxy) is 1. The summed E-state index contributed by atoms with van der Waals surface area (Å²) < 4.78 is 5.40. The average molecular weight is 409 g/mol. The first-order valence-corrected chi connectivity index (χ1v) is 10.1. The van der Waals surface area contributed by atoms with Crippen molar-refractivity contribution in [1.29, 1.82) is 5.26 Å². The van der Waals surface area contributed by atoms with Crippen LogP contribution in [0.2, 0.25) is 0 Å². The maximum atomic E-state index is 12.7. The highest BCUT2D eigenvalue weighted by Crippen LogP contribution is 2.26. The summed E-state index contributed by atoms with van der Waals surface area (Å²) in [6.07, 6.45) is 0.768. The highest BCUT2D eigenvalue weighted by molar-refractivity contribution is 7.12. The topological polar surface area (TPSA) is 79.2 Å². The molecule has 0 radical (unpaired) electrons. The molecule has 5 nitrogen and oxygen atoms in total. The van der Waals surface area contributed by atoms with Gasteiger partial charge in [0.15, 0.2) is 6.10 Å². The van der Waals surface area contributed by atoms with Gasteiger partial charge in [-0.15, -0.1) is 22.7 Å². The molecule has 140 valence electrons. The Labute approximate surface area is 170 Å². The third kappa shape index (κ3) is 4.94. The molecule has 0 saturated heterocycles. The zero-order valence-electron chi connectivity index (χ0n) is 14.9. The lowest BCUT2D eigenvalue weighted by Gasteiger charge is -2.14. The minimum Gasteiger partial charge on any atom is -0.449 e. The van der Waals surface area contributed by atoms with Gasteiger partial charge in [-0.1, -0.05) is 18.2 Å². The van der Waals surface area contributed by atoms with E-state index < -0.39 is 18.0 Å². The first kappa shape index (κ1) is 19.5. The molecule has 1 N–H and O–H groups in total. The molecule has 3 rings (SSSR count). The molecule has 7 heteroatoms. The Hall–Kier alpha value is -3.21. The fourth-order valence-electron chi connectivity index (χ4n) is 2.37. The second-order valence-electron chi connectivity index (χ2n) is 5.78. The van der Waals surface area contributed by atoms with Crippen LogP contribution < -0.4 is 5.32 Å². The van der Waals surface area contributed by atoms with Crippen LogP contribution in [-0.2, 0) is 14.3 Å². The van der Waals surface area contributed by atoms with E-state index in [9.17, 15) is 9.59 Å². The van der Waals surface area contributed by atoms with Gasteiger partial charge in [0.2, 0.25) is 0 Å². The van der Waals surface area contributed by atoms with Crippen LogP contribution >= 0.6 is 22.7 Å². The highest BCUT2D eigenvalue weighted by Gasteiger charge is 2.22. The summed E-state index contributed by atoms with van der Waals surface area (Å²) in [7, 11) is 0. The van der Waals surface area contributed by atoms with Crippen LogP contribution in [0.15, 0.2) is 59.3 Å². The number of nitrogens with one attached hydrogen (secondary N) is 1. The van der Waals surface area contributed by atoms with Gasteiger partial charge < -0.3 is 10.1 Å². The van der Waals surface area contributed by atoms with Crippen molar-refractivity contribution >= 4 is 51.9 Å². The zero-order valence-corrected chi connectivity index (χ0v) is 16.5. The molecule has 0 spiro atoms. The number of carbonyl (C=O) groups is 2. The molecule has 0 saturated carbocycles. The van der Waals surface area contributed by atoms with E-state index in [1.165, 1.54) is 29.6 Å². The lowest BCUT2D eigenvalue weighted by molar-refractivity contribution is -0.147. The van der Waals surface area contributed by atoms with Crippen molar-refractivity contribution in [1.82, 2.24) is 0 Å². The van der Waals surface area contributed by atoms with Crippen molar-refractivity contribution in [2.45, 2.75) is 13.0 Å². The van der Waals surface area contributed by atoms with Gasteiger partial charge >= 0.3 is 5.97 Å². The molecule has 0 unspecified atom stereocenters. The molecule has 0 aliphatic rings. The molecule has 1 aromatic carbocycles. The van der Waals surface area contributed by atoms with Gasteiger partial charge in [0.1, 0.15) is 0 Å². The number of esters is 1. The predicted molar refractivity (Wildman–Crippen MR) is 112 cm³/mol. The molecular formula is C21H16N2O3S2. The molecule has 3 aromatic rings. The van der Waals surface area contributed by atoms with Crippen LogP contribution in [0.4, 0.5) is 5.69 Å². The molecule has 1 amide bonds. The van der Waals surface area contributed by atoms with Gasteiger partial charge in [0, 0.05) is 15.4 Å². The summed E-state index contributed by atoms with van der Waals surface area (Å²) in [5.74, 6) is -1.03. The quantitative estimate of drug-likeness (QED) is 0.470. The van der Waals surface area contributed by atoms with Crippen LogP contribution in [0, 0.1) is 11.3 Å². The lowest BCUT2D eigenvalue weighted by Crippen LogP contribution is -2.30. The Bertz CT molecular complexity index is 1030. The Kier molecular flexibility index (Phi) is 6.37. The largest absolute Gasteiger partial charge is 0.449 e. The van der Waals surface area contributed by atoms with Crippen molar-refractivity contribution in [2.24, 2.45) is 0 Å². The summed E-state index contributed by atoms with van der Waals surface area (Å²) >= 11 is 2.94. The third-order valence-electron chi connectivity index (χ3n) is 3.75. The Morgan fingerprint density at radius 1 is 1.14 bits per heavy atom. The fraction of sp³-hybridized carbons (Fsp3) is 0.0952. The Balaban J connectivity index is 1.72. The first-order valence-electron chi connectivity index (χ1n) is 8.38. The SMILES string of the molecule is C[C@H](OC(=O)/C(=C/c1cccs1)c1cccs1)C(=O)Nc1cccc(C#N)c1. The number of hydrogen-bond acceptors (Lipinski definition) is 6. The number of thiophene rings is 2. The van der Waals surface area contributed by atoms with E-state index in [0.29, 0.717) is 16.8 Å². The van der Waals surface area contributed by atoms with Gasteiger partial charge in [0.05, 0.1) is 17.2 Å². The van der Waals surface area contributed by atoms with E-state index in [1.807, 2.05) is 41.1 Å². The Morgan fingerprint density at radius 2 is 1.93 bits per heavy atom. The summed E-state index contributed by atoms with van der Waals surface area (Å²) in [6, 6.07) is 16.0. The van der Waals surface area contributed by atoms with Crippen LogP contribution in [0.5, 0.6) is 0 Å². The number of amides is 1. The molecule has 0 aliphatic carbocycles. The van der Waals surface area contributed by atoms with Crippen LogP contribution in [-0.4, -0.2) is 18.0 Å². The standard InChI is InChI=1S/C21H16N2O3S2/c1-14(20(24)23-16-6-2-5-15(11-16)13-22)26-21(25)18(19-8-4-10-28-19)12-17-7-3-9-27-17/h2-12,14H,1H3,(H,23,24)/b18-12+/t14-/m0/s1. The molecule has 0 bridgehead atoms. The van der Waals surface area contributed by atoms with Crippen LogP contribution in [0.1, 0.15) is 22.2 Å². The van der Waals surface area contributed by atoms with E-state index in [2.05, 4.69) is 5.32 Å². The normalized spacial score (nSPS) is 12.1. The summed E-state index contributed by atoms with van der Waals surface area (Å²) in [6.45, 7) is 1.51. The minimum atomic E-state index is -0.995. The summed E-state index contributed by atoms with van der Waals surface area (Å²) in [5.41, 5.74) is 1.31. The van der Waals surface area contributed by atoms with Crippen molar-refractivity contribution in [2.75, 3.05) is 5.32 Å². The molecular weight excluding hydrogens is 392 g/mol. The Morgan fingerprint density at radius 3 is 2.61 bits per heavy atom. The number of carbonyl (C=O) groups excluding carboxylic acids is 2. The number of nitrogens with zero attached hydrogens (tertiary/aromatic N) is 1. The number of benzene rings is 1. The third-order valence-corrected chi connectivity index (χ3v) is 5.47. The number of hydrogen-bond donors (Lipinski definition) is 1. The number of nitriles is 1. The summed E-state index contributed by atoms with van der Waals surface area (Å²) in [4.78, 5) is 26.8. The lowest BCUT2D eigenvalue weighted by atomic mass is 10.2. The van der Waals surface area contributed by atoms with Crippen molar-refractivity contribution in [3.05, 3.63) is 74.6 Å². The first-order chi connectivity index (χ1) is 13.6. The minimum absolute atomic E-state index is 0.406. The van der Waals surface area contributed by atoms with E-state index in [1.54, 1.807) is 30.3 Å². The van der Waals surface area contributed by atoms with Gasteiger partial charge in [-0.05, 0) is 54.1 Å². The number of rotatable bonds is 6. The van der Waals surface area contributed by atoms with Gasteiger partial charge in [-0.25, -0.2) is 4.79 Å². The monoisotopic (exact) mass is 408 g/mol. The zero-order chi connectivity index (χ0) is 19.9. The van der Waals surface area contributed by atoms with E-state index in [-0.39, 0.29) is 0 Å². The predicted octanol–water partition coefficient (Wildman–Crippen LogP) is 4.79. The van der Waals surface area contributed by atoms with Crippen molar-refractivity contribution in [3.8, 4) is 6.07 Å². The molecule has 2 heterocycles. The van der Waals surface area contributed by atoms with Gasteiger partial charge in [0.25, 0.3) is 5.91 Å². The van der Waals surface area contributed by atoms with E-state index >= 15 is 0 Å². The van der Waals surface area contributed by atoms with Gasteiger partial charge in [-0.3, -0.25) is 4.79 Å². The molecule has 2 aromatic heterocycles. The second-order valence-corrected chi connectivity index (χ2v) is 7.71. The fourth-order valence-corrected chi connectivity index (χ4v) is 3.75. The average Bonchev–Trinajstić information content (AvgIpc) is 3.40. The van der Waals surface area contributed by atoms with E-state index in [0.717, 1.165) is 9.75 Å². The van der Waals surface area contributed by atoms with Crippen molar-refractivity contribution < 1.29 is 14.3 Å². The summed E-state index contributed by atoms with van der Waals surface area (Å²) in [5, 5.41) is 15.4. The number of anilines is 1. The second kappa shape index (κ2) is 9.13. The molecule has 0 fully saturated rings.